The number of rotatable bonds is 8. The Morgan fingerprint density at radius 3 is 2.69 bits per heavy atom. The van der Waals surface area contributed by atoms with E-state index in [1.807, 2.05) is 30.5 Å². The summed E-state index contributed by atoms with van der Waals surface area (Å²) in [5.74, 6) is -0.262. The molecule has 3 rings (SSSR count). The van der Waals surface area contributed by atoms with E-state index in [0.29, 0.717) is 23.9 Å². The monoisotopic (exact) mass is 410 g/mol. The van der Waals surface area contributed by atoms with Gasteiger partial charge in [0, 0.05) is 6.54 Å². The highest BCUT2D eigenvalue weighted by Gasteiger charge is 2.19. The summed E-state index contributed by atoms with van der Waals surface area (Å²) in [6, 6.07) is 11.7. The van der Waals surface area contributed by atoms with Gasteiger partial charge in [0.2, 0.25) is 5.89 Å². The van der Waals surface area contributed by atoms with Crippen molar-refractivity contribution in [3.8, 4) is 16.8 Å². The minimum Gasteiger partial charge on any atom is -0.452 e. The molecule has 148 valence electrons. The average Bonchev–Trinajstić information content (AvgIpc) is 3.43. The number of esters is 1. The zero-order valence-electron chi connectivity index (χ0n) is 15.7. The number of ether oxygens (including phenoxy) is 1. The number of nitrogens with zero attached hydrogens (tertiary/aromatic N) is 4. The topological polar surface area (TPSA) is 109 Å². The Hall–Kier alpha value is -3.51. The van der Waals surface area contributed by atoms with Gasteiger partial charge in [0.25, 0.3) is 11.8 Å². The second-order valence-electron chi connectivity index (χ2n) is 6.06. The van der Waals surface area contributed by atoms with Crippen molar-refractivity contribution >= 4 is 23.2 Å². The number of amides is 1. The van der Waals surface area contributed by atoms with Crippen LogP contribution in [0.5, 0.6) is 0 Å². The molecular weight excluding hydrogens is 392 g/mol. The van der Waals surface area contributed by atoms with Crippen molar-refractivity contribution in [3.05, 3.63) is 58.8 Å². The largest absolute Gasteiger partial charge is 0.452 e. The van der Waals surface area contributed by atoms with Gasteiger partial charge in [-0.2, -0.15) is 5.26 Å². The van der Waals surface area contributed by atoms with Crippen LogP contribution in [0, 0.1) is 11.3 Å². The van der Waals surface area contributed by atoms with Crippen LogP contribution >= 0.6 is 11.3 Å². The van der Waals surface area contributed by atoms with Gasteiger partial charge in [-0.15, -0.1) is 21.5 Å². The quantitative estimate of drug-likeness (QED) is 0.524. The average molecular weight is 410 g/mol. The maximum Gasteiger partial charge on any atom is 0.338 e. The number of aromatic nitrogens is 2. The predicted octanol–water partition coefficient (Wildman–Crippen LogP) is 3.27. The summed E-state index contributed by atoms with van der Waals surface area (Å²) in [6.07, 6.45) is 0.723. The first kappa shape index (κ1) is 20.2. The molecule has 3 aromatic rings. The number of nitriles is 1. The van der Waals surface area contributed by atoms with Crippen molar-refractivity contribution in [3.63, 3.8) is 0 Å². The third-order valence-electron chi connectivity index (χ3n) is 3.95. The number of hydrogen-bond acceptors (Lipinski definition) is 8. The Morgan fingerprint density at radius 1 is 1.24 bits per heavy atom. The molecule has 0 spiro atoms. The fourth-order valence-electron chi connectivity index (χ4n) is 2.53. The molecule has 0 bridgehead atoms. The molecule has 0 aliphatic rings. The normalized spacial score (nSPS) is 10.3. The molecule has 8 nitrogen and oxygen atoms in total. The molecular formula is C20H18N4O4S. The lowest BCUT2D eigenvalue weighted by Crippen LogP contribution is -2.35. The van der Waals surface area contributed by atoms with Crippen LogP contribution in [-0.4, -0.2) is 40.1 Å². The van der Waals surface area contributed by atoms with Gasteiger partial charge in [-0.1, -0.05) is 13.0 Å². The summed E-state index contributed by atoms with van der Waals surface area (Å²) >= 11 is 1.48. The lowest BCUT2D eigenvalue weighted by molar-refractivity contribution is -0.135. The zero-order valence-corrected chi connectivity index (χ0v) is 16.5. The van der Waals surface area contributed by atoms with Gasteiger partial charge < -0.3 is 14.1 Å². The van der Waals surface area contributed by atoms with Gasteiger partial charge in [0.15, 0.2) is 6.61 Å². The fraction of sp³-hybridized carbons (Fsp3) is 0.250. The summed E-state index contributed by atoms with van der Waals surface area (Å²) in [7, 11) is 0. The molecule has 0 aliphatic carbocycles. The standard InChI is InChI=1S/C20H18N4O4S/c1-2-9-24(12-17-22-23-19(28-17)16-4-3-10-29-16)18(25)13-27-20(26)15-7-5-14(11-21)6-8-15/h3-8,10H,2,9,12-13H2,1H3. The van der Waals surface area contributed by atoms with E-state index in [1.165, 1.54) is 40.5 Å². The molecule has 0 saturated heterocycles. The van der Waals surface area contributed by atoms with Crippen LogP contribution in [0.3, 0.4) is 0 Å². The molecule has 0 radical (unpaired) electrons. The number of benzene rings is 1. The molecule has 2 heterocycles. The molecule has 0 aliphatic heterocycles. The number of thiophene rings is 1. The fourth-order valence-corrected chi connectivity index (χ4v) is 3.17. The first-order chi connectivity index (χ1) is 14.1. The first-order valence-electron chi connectivity index (χ1n) is 8.92. The van der Waals surface area contributed by atoms with E-state index in [9.17, 15) is 9.59 Å². The van der Waals surface area contributed by atoms with E-state index in [0.717, 1.165) is 11.3 Å². The SMILES string of the molecule is CCCN(Cc1nnc(-c2cccs2)o1)C(=O)COC(=O)c1ccc(C#N)cc1. The Kier molecular flexibility index (Phi) is 6.71. The van der Waals surface area contributed by atoms with E-state index in [4.69, 9.17) is 14.4 Å². The number of hydrogen-bond donors (Lipinski definition) is 0. The third kappa shape index (κ3) is 5.27. The Balaban J connectivity index is 1.59. The smallest absolute Gasteiger partial charge is 0.338 e. The second kappa shape index (κ2) is 9.61. The highest BCUT2D eigenvalue weighted by molar-refractivity contribution is 7.13. The molecule has 1 amide bonds. The molecule has 0 unspecified atom stereocenters. The summed E-state index contributed by atoms with van der Waals surface area (Å²) in [5, 5.41) is 18.7. The van der Waals surface area contributed by atoms with Gasteiger partial charge in [0.05, 0.1) is 28.6 Å². The highest BCUT2D eigenvalue weighted by atomic mass is 32.1. The molecule has 0 N–H and O–H groups in total. The zero-order chi connectivity index (χ0) is 20.6. The number of carbonyl (C=O) groups excluding carboxylic acids is 2. The van der Waals surface area contributed by atoms with Crippen molar-refractivity contribution in [2.24, 2.45) is 0 Å². The van der Waals surface area contributed by atoms with Crippen molar-refractivity contribution in [2.75, 3.05) is 13.2 Å². The second-order valence-corrected chi connectivity index (χ2v) is 7.01. The Labute approximate surface area is 171 Å². The molecule has 2 aromatic heterocycles. The van der Waals surface area contributed by atoms with Crippen LogP contribution in [0.25, 0.3) is 10.8 Å². The van der Waals surface area contributed by atoms with Crippen LogP contribution in [0.2, 0.25) is 0 Å². The third-order valence-corrected chi connectivity index (χ3v) is 4.81. The lowest BCUT2D eigenvalue weighted by atomic mass is 10.1. The van der Waals surface area contributed by atoms with E-state index in [2.05, 4.69) is 10.2 Å². The Morgan fingerprint density at radius 2 is 2.03 bits per heavy atom. The van der Waals surface area contributed by atoms with Gasteiger partial charge in [-0.25, -0.2) is 4.79 Å². The molecule has 0 atom stereocenters. The first-order valence-corrected chi connectivity index (χ1v) is 9.80. The van der Waals surface area contributed by atoms with Crippen molar-refractivity contribution in [1.29, 1.82) is 5.26 Å². The minimum atomic E-state index is -0.628. The molecule has 29 heavy (non-hydrogen) atoms. The summed E-state index contributed by atoms with van der Waals surface area (Å²) < 4.78 is 10.7. The van der Waals surface area contributed by atoms with Crippen molar-refractivity contribution < 1.29 is 18.7 Å². The summed E-state index contributed by atoms with van der Waals surface area (Å²) in [6.45, 7) is 2.14. The van der Waals surface area contributed by atoms with Crippen LogP contribution in [-0.2, 0) is 16.1 Å². The van der Waals surface area contributed by atoms with E-state index >= 15 is 0 Å². The molecule has 0 fully saturated rings. The maximum atomic E-state index is 12.5. The molecule has 9 heteroatoms. The highest BCUT2D eigenvalue weighted by Crippen LogP contribution is 2.23. The van der Waals surface area contributed by atoms with Crippen LogP contribution < -0.4 is 0 Å². The predicted molar refractivity (Wildman–Crippen MR) is 105 cm³/mol. The van der Waals surface area contributed by atoms with Crippen molar-refractivity contribution in [2.45, 2.75) is 19.9 Å². The lowest BCUT2D eigenvalue weighted by Gasteiger charge is -2.20. The van der Waals surface area contributed by atoms with Gasteiger partial charge in [-0.3, -0.25) is 4.79 Å². The van der Waals surface area contributed by atoms with Crippen LogP contribution in [0.15, 0.2) is 46.2 Å². The van der Waals surface area contributed by atoms with Crippen LogP contribution in [0.1, 0.15) is 35.2 Å². The van der Waals surface area contributed by atoms with E-state index in [-0.39, 0.29) is 18.0 Å². The van der Waals surface area contributed by atoms with Gasteiger partial charge in [-0.05, 0) is 42.1 Å². The Bertz CT molecular complexity index is 1010. The van der Waals surface area contributed by atoms with E-state index < -0.39 is 12.6 Å². The van der Waals surface area contributed by atoms with Gasteiger partial charge in [0.1, 0.15) is 0 Å². The summed E-state index contributed by atoms with van der Waals surface area (Å²) in [5.41, 5.74) is 0.713. The maximum absolute atomic E-state index is 12.5. The molecule has 1 aromatic carbocycles. The van der Waals surface area contributed by atoms with E-state index in [1.54, 1.807) is 0 Å². The summed E-state index contributed by atoms with van der Waals surface area (Å²) in [4.78, 5) is 27.0. The van der Waals surface area contributed by atoms with Gasteiger partial charge >= 0.3 is 5.97 Å². The minimum absolute atomic E-state index is 0.138. The molecule has 0 saturated carbocycles. The van der Waals surface area contributed by atoms with Crippen LogP contribution in [0.4, 0.5) is 0 Å². The van der Waals surface area contributed by atoms with Crippen molar-refractivity contribution in [1.82, 2.24) is 15.1 Å². The number of carbonyl (C=O) groups is 2.